The van der Waals surface area contributed by atoms with E-state index in [-0.39, 0.29) is 30.5 Å². The zero-order chi connectivity index (χ0) is 26.1. The molecular weight excluding hydrogens is 485 g/mol. The summed E-state index contributed by atoms with van der Waals surface area (Å²) >= 11 is 0. The van der Waals surface area contributed by atoms with Crippen molar-refractivity contribution in [2.45, 2.75) is 31.8 Å². The predicted molar refractivity (Wildman–Crippen MR) is 142 cm³/mol. The van der Waals surface area contributed by atoms with Crippen molar-refractivity contribution in [2.75, 3.05) is 33.0 Å². The molecule has 0 bridgehead atoms. The van der Waals surface area contributed by atoms with Crippen LogP contribution in [0.2, 0.25) is 0 Å². The van der Waals surface area contributed by atoms with Crippen molar-refractivity contribution in [1.82, 2.24) is 15.1 Å². The van der Waals surface area contributed by atoms with E-state index in [1.807, 2.05) is 23.1 Å². The average Bonchev–Trinajstić information content (AvgIpc) is 3.57. The van der Waals surface area contributed by atoms with Crippen LogP contribution in [0.5, 0.6) is 11.5 Å². The first-order chi connectivity index (χ1) is 18.5. The van der Waals surface area contributed by atoms with Gasteiger partial charge in [-0.2, -0.15) is 0 Å². The number of likely N-dealkylation sites (tertiary alicyclic amines) is 2. The first kappa shape index (κ1) is 24.4. The number of nitrogens with zero attached hydrogens (tertiary/aromatic N) is 2. The Balaban J connectivity index is 0.975. The van der Waals surface area contributed by atoms with E-state index in [0.717, 1.165) is 42.4 Å². The van der Waals surface area contributed by atoms with Gasteiger partial charge in [-0.25, -0.2) is 4.39 Å². The van der Waals surface area contributed by atoms with Crippen molar-refractivity contribution < 1.29 is 23.5 Å². The minimum atomic E-state index is -0.223. The van der Waals surface area contributed by atoms with Crippen LogP contribution in [0.4, 0.5) is 4.39 Å². The van der Waals surface area contributed by atoms with Crippen LogP contribution in [-0.2, 0) is 11.3 Å². The molecule has 2 fully saturated rings. The van der Waals surface area contributed by atoms with Crippen LogP contribution in [0.25, 0.3) is 10.8 Å². The second kappa shape index (κ2) is 10.5. The summed E-state index contributed by atoms with van der Waals surface area (Å²) in [6.07, 6.45) is 4.00. The van der Waals surface area contributed by atoms with Gasteiger partial charge in [-0.1, -0.05) is 23.8 Å². The zero-order valence-corrected chi connectivity index (χ0v) is 21.1. The average molecular weight is 516 g/mol. The summed E-state index contributed by atoms with van der Waals surface area (Å²) in [6, 6.07) is 16.3. The van der Waals surface area contributed by atoms with Crippen LogP contribution < -0.4 is 14.8 Å². The number of ether oxygens (including phenoxy) is 2. The highest BCUT2D eigenvalue weighted by atomic mass is 19.1. The number of carbonyl (C=O) groups is 2. The predicted octanol–water partition coefficient (Wildman–Crippen LogP) is 4.26. The Kier molecular flexibility index (Phi) is 6.72. The number of rotatable bonds is 5. The lowest BCUT2D eigenvalue weighted by Gasteiger charge is -2.28. The minimum absolute atomic E-state index is 0.0311. The quantitative estimate of drug-likeness (QED) is 0.515. The SMILES string of the molecule is O=C(C=C1CCN(C(=O)c2ccc3c(c2)OCO3)CC1)NC1CCN(Cc2ccc3cc(F)ccc3c2)C1. The molecule has 3 aromatic rings. The molecule has 0 aromatic heterocycles. The maximum atomic E-state index is 13.4. The van der Waals surface area contributed by atoms with Crippen LogP contribution in [0.3, 0.4) is 0 Å². The van der Waals surface area contributed by atoms with Gasteiger partial charge in [0.05, 0.1) is 0 Å². The molecule has 2 saturated heterocycles. The van der Waals surface area contributed by atoms with E-state index >= 15 is 0 Å². The Morgan fingerprint density at radius 3 is 2.61 bits per heavy atom. The highest BCUT2D eigenvalue weighted by Gasteiger charge is 2.25. The number of carbonyl (C=O) groups excluding carboxylic acids is 2. The monoisotopic (exact) mass is 515 g/mol. The molecule has 0 spiro atoms. The molecule has 3 aliphatic rings. The standard InChI is InChI=1S/C30H30FN3O4/c31-25-5-3-22-13-21(1-2-23(22)15-25)17-33-10-9-26(18-33)32-29(35)14-20-7-11-34(12-8-20)30(36)24-4-6-27-28(16-24)38-19-37-27/h1-6,13-16,26H,7-12,17-19H2,(H,32,35). The van der Waals surface area contributed by atoms with Gasteiger partial charge >= 0.3 is 0 Å². The largest absolute Gasteiger partial charge is 0.454 e. The van der Waals surface area contributed by atoms with Gasteiger partial charge in [0, 0.05) is 50.4 Å². The van der Waals surface area contributed by atoms with E-state index < -0.39 is 0 Å². The Labute approximate surface area is 220 Å². The van der Waals surface area contributed by atoms with Crippen molar-refractivity contribution >= 4 is 22.6 Å². The third kappa shape index (κ3) is 5.36. The minimum Gasteiger partial charge on any atom is -0.454 e. The second-order valence-corrected chi connectivity index (χ2v) is 10.2. The fourth-order valence-corrected chi connectivity index (χ4v) is 5.50. The van der Waals surface area contributed by atoms with Crippen molar-refractivity contribution in [2.24, 2.45) is 0 Å². The lowest BCUT2D eigenvalue weighted by Crippen LogP contribution is -2.38. The van der Waals surface area contributed by atoms with Crippen molar-refractivity contribution in [3.63, 3.8) is 0 Å². The van der Waals surface area contributed by atoms with Gasteiger partial charge in [-0.15, -0.1) is 0 Å². The number of piperidine rings is 1. The van der Waals surface area contributed by atoms with Gasteiger partial charge in [0.15, 0.2) is 11.5 Å². The zero-order valence-electron chi connectivity index (χ0n) is 21.1. The molecule has 0 radical (unpaired) electrons. The summed E-state index contributed by atoms with van der Waals surface area (Å²) in [5.74, 6) is 0.947. The summed E-state index contributed by atoms with van der Waals surface area (Å²) in [5.41, 5.74) is 2.84. The molecule has 1 unspecified atom stereocenters. The molecule has 3 heterocycles. The molecule has 1 N–H and O–H groups in total. The molecular formula is C30H30FN3O4. The van der Waals surface area contributed by atoms with Crippen molar-refractivity contribution in [1.29, 1.82) is 0 Å². The smallest absolute Gasteiger partial charge is 0.254 e. The molecule has 196 valence electrons. The Hall–Kier alpha value is -3.91. The van der Waals surface area contributed by atoms with Gasteiger partial charge < -0.3 is 19.7 Å². The van der Waals surface area contributed by atoms with Crippen LogP contribution in [-0.4, -0.2) is 60.6 Å². The van der Waals surface area contributed by atoms with Gasteiger partial charge in [-0.3, -0.25) is 14.5 Å². The highest BCUT2D eigenvalue weighted by Crippen LogP contribution is 2.33. The van der Waals surface area contributed by atoms with Crippen LogP contribution in [0.1, 0.15) is 35.2 Å². The van der Waals surface area contributed by atoms with E-state index in [9.17, 15) is 14.0 Å². The maximum absolute atomic E-state index is 13.4. The lowest BCUT2D eigenvalue weighted by atomic mass is 10.0. The molecule has 38 heavy (non-hydrogen) atoms. The second-order valence-electron chi connectivity index (χ2n) is 10.2. The Bertz CT molecular complexity index is 1410. The van der Waals surface area contributed by atoms with E-state index in [1.165, 1.54) is 11.6 Å². The fourth-order valence-electron chi connectivity index (χ4n) is 5.50. The molecule has 0 saturated carbocycles. The van der Waals surface area contributed by atoms with Crippen LogP contribution >= 0.6 is 0 Å². The summed E-state index contributed by atoms with van der Waals surface area (Å²) in [4.78, 5) is 29.8. The first-order valence-corrected chi connectivity index (χ1v) is 13.1. The summed E-state index contributed by atoms with van der Waals surface area (Å²) in [6.45, 7) is 3.87. The summed E-state index contributed by atoms with van der Waals surface area (Å²) < 4.78 is 24.1. The maximum Gasteiger partial charge on any atom is 0.254 e. The Morgan fingerprint density at radius 2 is 1.74 bits per heavy atom. The molecule has 3 aromatic carbocycles. The van der Waals surface area contributed by atoms with E-state index in [4.69, 9.17) is 9.47 Å². The molecule has 2 amide bonds. The normalized spacial score (nSPS) is 19.1. The van der Waals surface area contributed by atoms with Crippen LogP contribution in [0.15, 0.2) is 66.2 Å². The molecule has 6 rings (SSSR count). The third-order valence-corrected chi connectivity index (χ3v) is 7.54. The number of halogens is 1. The van der Waals surface area contributed by atoms with Crippen molar-refractivity contribution in [3.8, 4) is 11.5 Å². The van der Waals surface area contributed by atoms with E-state index in [0.29, 0.717) is 43.0 Å². The first-order valence-electron chi connectivity index (χ1n) is 13.1. The molecule has 1 atom stereocenters. The molecule has 8 heteroatoms. The number of nitrogens with one attached hydrogen (secondary N) is 1. The number of amides is 2. The number of hydrogen-bond acceptors (Lipinski definition) is 5. The number of benzene rings is 3. The molecule has 0 aliphatic carbocycles. The summed E-state index contributed by atoms with van der Waals surface area (Å²) in [5, 5.41) is 5.09. The van der Waals surface area contributed by atoms with E-state index in [1.54, 1.807) is 30.3 Å². The third-order valence-electron chi connectivity index (χ3n) is 7.54. The van der Waals surface area contributed by atoms with Gasteiger partial charge in [-0.05, 0) is 72.0 Å². The molecule has 3 aliphatic heterocycles. The van der Waals surface area contributed by atoms with Gasteiger partial charge in [0.1, 0.15) is 5.82 Å². The highest BCUT2D eigenvalue weighted by molar-refractivity contribution is 5.95. The number of fused-ring (bicyclic) bond motifs is 2. The van der Waals surface area contributed by atoms with Gasteiger partial charge in [0.25, 0.3) is 5.91 Å². The van der Waals surface area contributed by atoms with Gasteiger partial charge in [0.2, 0.25) is 12.7 Å². The van der Waals surface area contributed by atoms with Crippen LogP contribution in [0, 0.1) is 5.82 Å². The fraction of sp³-hybridized carbons (Fsp3) is 0.333. The Morgan fingerprint density at radius 1 is 0.947 bits per heavy atom. The van der Waals surface area contributed by atoms with Crippen molar-refractivity contribution in [3.05, 3.63) is 83.2 Å². The lowest BCUT2D eigenvalue weighted by molar-refractivity contribution is -0.117. The molecule has 7 nitrogen and oxygen atoms in total. The topological polar surface area (TPSA) is 71.1 Å². The summed E-state index contributed by atoms with van der Waals surface area (Å²) in [7, 11) is 0. The number of hydrogen-bond donors (Lipinski definition) is 1. The van der Waals surface area contributed by atoms with E-state index in [2.05, 4.69) is 16.3 Å².